The highest BCUT2D eigenvalue weighted by molar-refractivity contribution is 5.77. The van der Waals surface area contributed by atoms with Gasteiger partial charge in [-0.25, -0.2) is 0 Å². The van der Waals surface area contributed by atoms with Crippen LogP contribution in [0.2, 0.25) is 0 Å². The van der Waals surface area contributed by atoms with E-state index in [4.69, 9.17) is 0 Å². The van der Waals surface area contributed by atoms with Crippen molar-refractivity contribution in [1.29, 1.82) is 0 Å². The fraction of sp³-hybridized carbons (Fsp3) is 0.750. The van der Waals surface area contributed by atoms with Gasteiger partial charge in [0.2, 0.25) is 5.91 Å². The van der Waals surface area contributed by atoms with Gasteiger partial charge in [0.25, 0.3) is 0 Å². The van der Waals surface area contributed by atoms with Gasteiger partial charge in [-0.05, 0) is 50.8 Å². The quantitative estimate of drug-likeness (QED) is 0.824. The fourth-order valence-electron chi connectivity index (χ4n) is 3.94. The lowest BCUT2D eigenvalue weighted by atomic mass is 9.88. The first-order valence-corrected chi connectivity index (χ1v) is 8.05. The summed E-state index contributed by atoms with van der Waals surface area (Å²) < 4.78 is 2.00. The number of fused-ring (bicyclic) bond motifs is 1. The Bertz CT molecular complexity index is 473. The molecule has 1 saturated carbocycles. The highest BCUT2D eigenvalue weighted by Gasteiger charge is 2.41. The molecule has 3 atom stereocenters. The van der Waals surface area contributed by atoms with Gasteiger partial charge in [-0.15, -0.1) is 0 Å². The summed E-state index contributed by atoms with van der Waals surface area (Å²) in [6.45, 7) is 3.05. The summed E-state index contributed by atoms with van der Waals surface area (Å²) in [6.07, 6.45) is 8.19. The standard InChI is InChI=1S/C16H26N4O/c1-18(6-4-8-20-7-3-5-17-20)15-9-13-11-16(21)19(2)12-14(13)10-15/h3,5,7,13-15H,4,6,8-12H2,1-2H3/t13-,14+,15-/m0/s1. The van der Waals surface area contributed by atoms with Crippen LogP contribution in [0, 0.1) is 11.8 Å². The van der Waals surface area contributed by atoms with Crippen LogP contribution in [0.4, 0.5) is 0 Å². The highest BCUT2D eigenvalue weighted by Crippen LogP contribution is 2.39. The fourth-order valence-corrected chi connectivity index (χ4v) is 3.94. The second-order valence-corrected chi connectivity index (χ2v) is 6.73. The molecule has 1 aliphatic carbocycles. The molecule has 0 aromatic carbocycles. The lowest BCUT2D eigenvalue weighted by Gasteiger charge is -2.31. The Morgan fingerprint density at radius 2 is 2.19 bits per heavy atom. The monoisotopic (exact) mass is 290 g/mol. The normalized spacial score (nSPS) is 29.2. The number of likely N-dealkylation sites (tertiary alicyclic amines) is 1. The molecule has 0 unspecified atom stereocenters. The molecular formula is C16H26N4O. The number of aromatic nitrogens is 2. The number of carbonyl (C=O) groups is 1. The Kier molecular flexibility index (Phi) is 4.29. The zero-order chi connectivity index (χ0) is 14.8. The van der Waals surface area contributed by atoms with Crippen molar-refractivity contribution in [3.63, 3.8) is 0 Å². The molecule has 1 saturated heterocycles. The van der Waals surface area contributed by atoms with Gasteiger partial charge in [-0.2, -0.15) is 5.10 Å². The number of amides is 1. The Balaban J connectivity index is 1.46. The molecule has 5 nitrogen and oxygen atoms in total. The number of carbonyl (C=O) groups excluding carboxylic acids is 1. The van der Waals surface area contributed by atoms with E-state index >= 15 is 0 Å². The maximum absolute atomic E-state index is 11.8. The van der Waals surface area contributed by atoms with E-state index in [-0.39, 0.29) is 0 Å². The number of piperidine rings is 1. The van der Waals surface area contributed by atoms with E-state index in [2.05, 4.69) is 17.0 Å². The molecule has 2 fully saturated rings. The van der Waals surface area contributed by atoms with Gasteiger partial charge in [0.1, 0.15) is 0 Å². The third-order valence-corrected chi connectivity index (χ3v) is 5.27. The maximum atomic E-state index is 11.8. The van der Waals surface area contributed by atoms with E-state index in [1.165, 1.54) is 12.8 Å². The molecule has 0 bridgehead atoms. The van der Waals surface area contributed by atoms with Gasteiger partial charge >= 0.3 is 0 Å². The summed E-state index contributed by atoms with van der Waals surface area (Å²) in [4.78, 5) is 16.2. The minimum absolute atomic E-state index is 0.332. The molecule has 5 heteroatoms. The van der Waals surface area contributed by atoms with Crippen molar-refractivity contribution in [2.24, 2.45) is 11.8 Å². The molecule has 0 radical (unpaired) electrons. The van der Waals surface area contributed by atoms with Crippen LogP contribution in [-0.4, -0.2) is 58.7 Å². The van der Waals surface area contributed by atoms with Crippen molar-refractivity contribution >= 4 is 5.91 Å². The maximum Gasteiger partial charge on any atom is 0.222 e. The summed E-state index contributed by atoms with van der Waals surface area (Å²) in [5.41, 5.74) is 0. The number of rotatable bonds is 5. The third-order valence-electron chi connectivity index (χ3n) is 5.27. The third kappa shape index (κ3) is 3.28. The molecule has 1 aromatic rings. The van der Waals surface area contributed by atoms with Crippen molar-refractivity contribution < 1.29 is 4.79 Å². The Labute approximate surface area is 126 Å². The SMILES string of the molecule is CN1C[C@H]2C[C@@H](N(C)CCCn3cccn3)C[C@H]2CC1=O. The first-order valence-electron chi connectivity index (χ1n) is 8.05. The summed E-state index contributed by atoms with van der Waals surface area (Å²) in [7, 11) is 4.18. The average molecular weight is 290 g/mol. The van der Waals surface area contributed by atoms with Crippen LogP contribution in [0.3, 0.4) is 0 Å². The number of hydrogen-bond donors (Lipinski definition) is 0. The minimum Gasteiger partial charge on any atom is -0.345 e. The lowest BCUT2D eigenvalue weighted by Crippen LogP contribution is -2.39. The number of nitrogens with zero attached hydrogens (tertiary/aromatic N) is 4. The number of aryl methyl sites for hydroxylation is 1. The van der Waals surface area contributed by atoms with E-state index in [0.717, 1.165) is 32.5 Å². The Morgan fingerprint density at radius 1 is 1.38 bits per heavy atom. The molecule has 1 amide bonds. The second-order valence-electron chi connectivity index (χ2n) is 6.73. The van der Waals surface area contributed by atoms with Gasteiger partial charge in [0.15, 0.2) is 0 Å². The predicted molar refractivity (Wildman–Crippen MR) is 81.7 cm³/mol. The van der Waals surface area contributed by atoms with Crippen LogP contribution in [0.1, 0.15) is 25.7 Å². The van der Waals surface area contributed by atoms with Crippen LogP contribution in [0.5, 0.6) is 0 Å². The van der Waals surface area contributed by atoms with E-state index in [1.807, 2.05) is 35.1 Å². The molecule has 1 aliphatic heterocycles. The molecule has 0 spiro atoms. The summed E-state index contributed by atoms with van der Waals surface area (Å²) in [5.74, 6) is 1.66. The van der Waals surface area contributed by atoms with Crippen molar-refractivity contribution in [1.82, 2.24) is 19.6 Å². The first-order chi connectivity index (χ1) is 10.1. The molecule has 2 aliphatic rings. The van der Waals surface area contributed by atoms with Crippen LogP contribution < -0.4 is 0 Å². The van der Waals surface area contributed by atoms with Crippen LogP contribution in [0.25, 0.3) is 0 Å². The number of hydrogen-bond acceptors (Lipinski definition) is 3. The van der Waals surface area contributed by atoms with Crippen LogP contribution >= 0.6 is 0 Å². The first kappa shape index (κ1) is 14.6. The smallest absolute Gasteiger partial charge is 0.222 e. The Morgan fingerprint density at radius 3 is 2.95 bits per heavy atom. The molecular weight excluding hydrogens is 264 g/mol. The van der Waals surface area contributed by atoms with Gasteiger partial charge in [-0.1, -0.05) is 0 Å². The van der Waals surface area contributed by atoms with Gasteiger partial charge in [-0.3, -0.25) is 9.48 Å². The molecule has 116 valence electrons. The van der Waals surface area contributed by atoms with Crippen molar-refractivity contribution in [2.45, 2.75) is 38.3 Å². The lowest BCUT2D eigenvalue weighted by molar-refractivity contribution is -0.134. The van der Waals surface area contributed by atoms with Gasteiger partial charge in [0, 0.05) is 45.0 Å². The zero-order valence-electron chi connectivity index (χ0n) is 13.1. The average Bonchev–Trinajstić information content (AvgIpc) is 3.08. The molecule has 2 heterocycles. The van der Waals surface area contributed by atoms with Gasteiger partial charge < -0.3 is 9.80 Å². The molecule has 3 rings (SSSR count). The topological polar surface area (TPSA) is 41.4 Å². The van der Waals surface area contributed by atoms with Crippen molar-refractivity contribution in [3.05, 3.63) is 18.5 Å². The minimum atomic E-state index is 0.332. The van der Waals surface area contributed by atoms with Crippen LogP contribution in [0.15, 0.2) is 18.5 Å². The summed E-state index contributed by atoms with van der Waals surface area (Å²) >= 11 is 0. The second kappa shape index (κ2) is 6.18. The molecule has 21 heavy (non-hydrogen) atoms. The largest absolute Gasteiger partial charge is 0.345 e. The highest BCUT2D eigenvalue weighted by atomic mass is 16.2. The van der Waals surface area contributed by atoms with Crippen molar-refractivity contribution in [3.8, 4) is 0 Å². The summed E-state index contributed by atoms with van der Waals surface area (Å²) in [6, 6.07) is 2.62. The Hall–Kier alpha value is -1.36. The predicted octanol–water partition coefficient (Wildman–Crippen LogP) is 1.46. The zero-order valence-corrected chi connectivity index (χ0v) is 13.1. The molecule has 1 aromatic heterocycles. The van der Waals surface area contributed by atoms with E-state index in [1.54, 1.807) is 0 Å². The summed E-state index contributed by atoms with van der Waals surface area (Å²) in [5, 5.41) is 4.24. The van der Waals surface area contributed by atoms with E-state index in [0.29, 0.717) is 23.8 Å². The van der Waals surface area contributed by atoms with E-state index < -0.39 is 0 Å². The van der Waals surface area contributed by atoms with E-state index in [9.17, 15) is 4.79 Å². The molecule has 0 N–H and O–H groups in total. The van der Waals surface area contributed by atoms with Crippen LogP contribution in [-0.2, 0) is 11.3 Å². The van der Waals surface area contributed by atoms with Gasteiger partial charge in [0.05, 0.1) is 0 Å². The van der Waals surface area contributed by atoms with Crippen molar-refractivity contribution in [2.75, 3.05) is 27.2 Å².